The summed E-state index contributed by atoms with van der Waals surface area (Å²) in [6.07, 6.45) is 0. The Hall–Kier alpha value is -2.22. The number of carbonyl (C=O) groups excluding carboxylic acids is 3. The Bertz CT molecular complexity index is 877. The van der Waals surface area contributed by atoms with Crippen molar-refractivity contribution in [3.63, 3.8) is 0 Å². The van der Waals surface area contributed by atoms with Crippen molar-refractivity contribution < 1.29 is 19.1 Å². The lowest BCUT2D eigenvalue weighted by molar-refractivity contribution is -0.115. The topological polar surface area (TPSA) is 84.5 Å². The second-order valence-electron chi connectivity index (χ2n) is 6.24. The number of thiophene rings is 1. The van der Waals surface area contributed by atoms with Crippen LogP contribution in [0.3, 0.4) is 0 Å². The average molecular weight is 423 g/mol. The molecule has 0 aliphatic carbocycles. The van der Waals surface area contributed by atoms with E-state index in [1.54, 1.807) is 26.0 Å². The van der Waals surface area contributed by atoms with Crippen LogP contribution in [0.2, 0.25) is 5.02 Å². The maximum atomic E-state index is 12.4. The van der Waals surface area contributed by atoms with E-state index in [2.05, 4.69) is 10.6 Å². The van der Waals surface area contributed by atoms with E-state index in [4.69, 9.17) is 16.3 Å². The lowest BCUT2D eigenvalue weighted by atomic mass is 10.1. The largest absolute Gasteiger partial charge is 0.462 e. The third-order valence-corrected chi connectivity index (χ3v) is 5.70. The molecule has 0 bridgehead atoms. The van der Waals surface area contributed by atoms with E-state index in [0.717, 1.165) is 16.9 Å². The van der Waals surface area contributed by atoms with Crippen LogP contribution >= 0.6 is 22.9 Å². The highest BCUT2D eigenvalue weighted by Crippen LogP contribution is 2.34. The molecule has 0 aliphatic rings. The third-order valence-electron chi connectivity index (χ3n) is 4.14. The fourth-order valence-electron chi connectivity index (χ4n) is 2.67. The SMILES string of the molecule is CCOC(=O)c1c(NC(=O)CN[C@H](C)c2ccc(Cl)cc2)sc(C(C)=O)c1C. The predicted octanol–water partition coefficient (Wildman–Crippen LogP) is 4.38. The van der Waals surface area contributed by atoms with Crippen molar-refractivity contribution in [2.75, 3.05) is 18.5 Å². The normalized spacial score (nSPS) is 11.8. The number of amides is 1. The zero-order valence-electron chi connectivity index (χ0n) is 16.2. The number of hydrogen-bond acceptors (Lipinski definition) is 6. The zero-order valence-corrected chi connectivity index (χ0v) is 17.8. The number of anilines is 1. The van der Waals surface area contributed by atoms with Crippen LogP contribution in [-0.2, 0) is 9.53 Å². The molecule has 150 valence electrons. The minimum atomic E-state index is -0.554. The first-order valence-electron chi connectivity index (χ1n) is 8.84. The Morgan fingerprint density at radius 1 is 1.21 bits per heavy atom. The van der Waals surface area contributed by atoms with Crippen LogP contribution in [-0.4, -0.2) is 30.8 Å². The molecule has 8 heteroatoms. The maximum Gasteiger partial charge on any atom is 0.341 e. The van der Waals surface area contributed by atoms with Crippen LogP contribution in [0.1, 0.15) is 58.0 Å². The summed E-state index contributed by atoms with van der Waals surface area (Å²) >= 11 is 6.97. The molecule has 2 aromatic rings. The van der Waals surface area contributed by atoms with E-state index in [0.29, 0.717) is 20.5 Å². The Morgan fingerprint density at radius 2 is 1.86 bits per heavy atom. The van der Waals surface area contributed by atoms with E-state index in [1.807, 2.05) is 19.1 Å². The van der Waals surface area contributed by atoms with Crippen LogP contribution in [0.25, 0.3) is 0 Å². The van der Waals surface area contributed by atoms with Crippen molar-refractivity contribution in [2.45, 2.75) is 33.7 Å². The number of esters is 1. The van der Waals surface area contributed by atoms with Gasteiger partial charge in [0.25, 0.3) is 0 Å². The van der Waals surface area contributed by atoms with Gasteiger partial charge in [-0.2, -0.15) is 0 Å². The molecule has 0 radical (unpaired) electrons. The molecule has 28 heavy (non-hydrogen) atoms. The summed E-state index contributed by atoms with van der Waals surface area (Å²) in [6.45, 7) is 6.98. The zero-order chi connectivity index (χ0) is 20.8. The molecular formula is C20H23ClN2O4S. The van der Waals surface area contributed by atoms with E-state index < -0.39 is 5.97 Å². The average Bonchev–Trinajstić information content (AvgIpc) is 2.96. The molecule has 1 amide bonds. The first-order chi connectivity index (χ1) is 13.2. The number of nitrogens with one attached hydrogen (secondary N) is 2. The predicted molar refractivity (Wildman–Crippen MR) is 112 cm³/mol. The second kappa shape index (κ2) is 9.82. The highest BCUT2D eigenvalue weighted by Gasteiger charge is 2.25. The van der Waals surface area contributed by atoms with Crippen LogP contribution in [0.15, 0.2) is 24.3 Å². The van der Waals surface area contributed by atoms with Crippen molar-refractivity contribution in [1.29, 1.82) is 0 Å². The molecule has 0 aliphatic heterocycles. The second-order valence-corrected chi connectivity index (χ2v) is 7.70. The maximum absolute atomic E-state index is 12.4. The number of ketones is 1. The molecule has 6 nitrogen and oxygen atoms in total. The molecule has 1 aromatic carbocycles. The van der Waals surface area contributed by atoms with E-state index in [-0.39, 0.29) is 36.4 Å². The lowest BCUT2D eigenvalue weighted by Crippen LogP contribution is -2.30. The van der Waals surface area contributed by atoms with Gasteiger partial charge in [0.2, 0.25) is 5.91 Å². The minimum Gasteiger partial charge on any atom is -0.462 e. The van der Waals surface area contributed by atoms with Gasteiger partial charge >= 0.3 is 5.97 Å². The van der Waals surface area contributed by atoms with Gasteiger partial charge in [-0.25, -0.2) is 4.79 Å². The van der Waals surface area contributed by atoms with Gasteiger partial charge in [-0.05, 0) is 51.0 Å². The molecule has 0 fully saturated rings. The quantitative estimate of drug-likeness (QED) is 0.487. The summed E-state index contributed by atoms with van der Waals surface area (Å²) in [5.41, 5.74) is 1.75. The third kappa shape index (κ3) is 5.41. The minimum absolute atomic E-state index is 0.0401. The van der Waals surface area contributed by atoms with Crippen molar-refractivity contribution in [2.24, 2.45) is 0 Å². The summed E-state index contributed by atoms with van der Waals surface area (Å²) in [5, 5.41) is 6.82. The Labute approximate surface area is 173 Å². The first kappa shape index (κ1) is 22.1. The monoisotopic (exact) mass is 422 g/mol. The van der Waals surface area contributed by atoms with Gasteiger partial charge in [0.15, 0.2) is 5.78 Å². The van der Waals surface area contributed by atoms with Crippen LogP contribution in [0.5, 0.6) is 0 Å². The molecule has 1 atom stereocenters. The fourth-order valence-corrected chi connectivity index (χ4v) is 3.90. The molecule has 0 saturated heterocycles. The molecule has 0 spiro atoms. The molecule has 0 saturated carbocycles. The van der Waals surface area contributed by atoms with Gasteiger partial charge in [-0.15, -0.1) is 11.3 Å². The van der Waals surface area contributed by atoms with Crippen molar-refractivity contribution in [3.8, 4) is 0 Å². The fraction of sp³-hybridized carbons (Fsp3) is 0.350. The standard InChI is InChI=1S/C20H23ClN2O4S/c1-5-27-20(26)17-11(2)18(13(4)24)28-19(17)23-16(25)10-22-12(3)14-6-8-15(21)9-7-14/h6-9,12,22H,5,10H2,1-4H3,(H,23,25)/t12-/m1/s1. The highest BCUT2D eigenvalue weighted by atomic mass is 35.5. The Kier molecular flexibility index (Phi) is 7.74. The Morgan fingerprint density at radius 3 is 2.43 bits per heavy atom. The van der Waals surface area contributed by atoms with E-state index in [9.17, 15) is 14.4 Å². The number of carbonyl (C=O) groups is 3. The summed E-state index contributed by atoms with van der Waals surface area (Å²) in [4.78, 5) is 36.9. The number of hydrogen-bond donors (Lipinski definition) is 2. The van der Waals surface area contributed by atoms with Gasteiger partial charge in [0.1, 0.15) is 5.00 Å². The van der Waals surface area contributed by atoms with Gasteiger partial charge < -0.3 is 15.4 Å². The number of halogens is 1. The number of benzene rings is 1. The summed E-state index contributed by atoms with van der Waals surface area (Å²) in [6, 6.07) is 7.29. The van der Waals surface area contributed by atoms with Gasteiger partial charge in [0, 0.05) is 11.1 Å². The molecule has 0 unspecified atom stereocenters. The smallest absolute Gasteiger partial charge is 0.341 e. The van der Waals surface area contributed by atoms with Crippen LogP contribution in [0.4, 0.5) is 5.00 Å². The van der Waals surface area contributed by atoms with E-state index >= 15 is 0 Å². The molecule has 1 heterocycles. The first-order valence-corrected chi connectivity index (χ1v) is 10.0. The van der Waals surface area contributed by atoms with Crippen LogP contribution < -0.4 is 10.6 Å². The molecule has 2 rings (SSSR count). The molecule has 2 N–H and O–H groups in total. The van der Waals surface area contributed by atoms with E-state index in [1.165, 1.54) is 6.92 Å². The summed E-state index contributed by atoms with van der Waals surface area (Å²) in [5.74, 6) is -1.03. The lowest BCUT2D eigenvalue weighted by Gasteiger charge is -2.14. The number of rotatable bonds is 8. The van der Waals surface area contributed by atoms with Gasteiger partial charge in [-0.3, -0.25) is 9.59 Å². The summed E-state index contributed by atoms with van der Waals surface area (Å²) < 4.78 is 5.07. The molecular weight excluding hydrogens is 400 g/mol. The van der Waals surface area contributed by atoms with Crippen molar-refractivity contribution in [3.05, 3.63) is 50.9 Å². The Balaban J connectivity index is 2.10. The highest BCUT2D eigenvalue weighted by molar-refractivity contribution is 7.18. The molecule has 1 aromatic heterocycles. The number of Topliss-reactive ketones (excluding diaryl/α,β-unsaturated/α-hetero) is 1. The number of ether oxygens (including phenoxy) is 1. The van der Waals surface area contributed by atoms with Crippen molar-refractivity contribution >= 4 is 45.6 Å². The van der Waals surface area contributed by atoms with Crippen molar-refractivity contribution in [1.82, 2.24) is 5.32 Å². The van der Waals surface area contributed by atoms with Crippen LogP contribution in [0, 0.1) is 6.92 Å². The van der Waals surface area contributed by atoms with Gasteiger partial charge in [-0.1, -0.05) is 23.7 Å². The van der Waals surface area contributed by atoms with Gasteiger partial charge in [0.05, 0.1) is 23.6 Å². The summed E-state index contributed by atoms with van der Waals surface area (Å²) in [7, 11) is 0.